The molecule has 0 radical (unpaired) electrons. The highest BCUT2D eigenvalue weighted by Crippen LogP contribution is 2.36. The lowest BCUT2D eigenvalue weighted by molar-refractivity contribution is -0.161. The first-order valence-electron chi connectivity index (χ1n) is 17.6. The van der Waals surface area contributed by atoms with Crippen LogP contribution in [-0.4, -0.2) is 41.0 Å². The van der Waals surface area contributed by atoms with Crippen LogP contribution in [0.3, 0.4) is 0 Å². The summed E-state index contributed by atoms with van der Waals surface area (Å²) in [6.45, 7) is 3.58. The summed E-state index contributed by atoms with van der Waals surface area (Å²) >= 11 is 0. The molecule has 0 fully saturated rings. The minimum absolute atomic E-state index is 0.211. The van der Waals surface area contributed by atoms with E-state index >= 15 is 0 Å². The van der Waals surface area contributed by atoms with Crippen molar-refractivity contribution in [3.8, 4) is 0 Å². The maximum Gasteiger partial charge on any atom is 0.469 e. The number of allylic oxidation sites excluding steroid dienone is 4. The molecule has 0 saturated carbocycles. The molecule has 0 saturated heterocycles. The summed E-state index contributed by atoms with van der Waals surface area (Å²) in [4.78, 5) is 42.4. The van der Waals surface area contributed by atoms with E-state index in [1.807, 2.05) is 0 Å². The number of carbonyl (C=O) groups excluding carboxylic acids is 2. The first-order chi connectivity index (χ1) is 21.3. The Morgan fingerprint density at radius 3 is 1.55 bits per heavy atom. The van der Waals surface area contributed by atoms with Crippen molar-refractivity contribution in [2.75, 3.05) is 13.2 Å². The van der Waals surface area contributed by atoms with Crippen molar-refractivity contribution in [1.29, 1.82) is 0 Å². The zero-order chi connectivity index (χ0) is 32.6. The van der Waals surface area contributed by atoms with Gasteiger partial charge in [0.2, 0.25) is 0 Å². The molecule has 0 aliphatic rings. The van der Waals surface area contributed by atoms with Crippen molar-refractivity contribution in [2.24, 2.45) is 0 Å². The minimum atomic E-state index is -4.74. The van der Waals surface area contributed by atoms with E-state index in [1.165, 1.54) is 83.5 Å². The normalized spacial score (nSPS) is 12.7. The third-order valence-corrected chi connectivity index (χ3v) is 7.96. The zero-order valence-electron chi connectivity index (χ0n) is 28.1. The molecule has 8 nitrogen and oxygen atoms in total. The van der Waals surface area contributed by atoms with E-state index in [-0.39, 0.29) is 19.4 Å². The molecule has 0 rings (SSSR count). The molecule has 0 spiro atoms. The molecule has 1 atom stereocenters. The van der Waals surface area contributed by atoms with Crippen molar-refractivity contribution in [1.82, 2.24) is 0 Å². The highest BCUT2D eigenvalue weighted by atomic mass is 31.2. The molecular weight excluding hydrogens is 579 g/mol. The number of phosphoric ester groups is 1. The van der Waals surface area contributed by atoms with Crippen LogP contribution in [0, 0.1) is 0 Å². The van der Waals surface area contributed by atoms with Gasteiger partial charge in [0.25, 0.3) is 0 Å². The predicted molar refractivity (Wildman–Crippen MR) is 179 cm³/mol. The highest BCUT2D eigenvalue weighted by molar-refractivity contribution is 7.46. The van der Waals surface area contributed by atoms with E-state index in [0.717, 1.165) is 51.4 Å². The average molecular weight is 645 g/mol. The number of esters is 2. The molecule has 0 amide bonds. The first kappa shape index (κ1) is 42.5. The lowest BCUT2D eigenvalue weighted by Crippen LogP contribution is -2.29. The summed E-state index contributed by atoms with van der Waals surface area (Å²) in [6, 6.07) is 0. The minimum Gasteiger partial charge on any atom is -0.462 e. The Balaban J connectivity index is 3.87. The van der Waals surface area contributed by atoms with Crippen molar-refractivity contribution < 1.29 is 37.9 Å². The van der Waals surface area contributed by atoms with E-state index in [9.17, 15) is 14.2 Å². The van der Waals surface area contributed by atoms with Gasteiger partial charge in [0.05, 0.1) is 6.61 Å². The Bertz CT molecular complexity index is 777. The van der Waals surface area contributed by atoms with Gasteiger partial charge in [0, 0.05) is 12.8 Å². The smallest absolute Gasteiger partial charge is 0.462 e. The third-order valence-electron chi connectivity index (χ3n) is 7.47. The number of rotatable bonds is 32. The highest BCUT2D eigenvalue weighted by Gasteiger charge is 2.22. The molecule has 0 aromatic carbocycles. The van der Waals surface area contributed by atoms with Gasteiger partial charge in [-0.2, -0.15) is 0 Å². The zero-order valence-corrected chi connectivity index (χ0v) is 29.0. The number of hydrogen-bond acceptors (Lipinski definition) is 6. The molecule has 0 bridgehead atoms. The molecule has 0 unspecified atom stereocenters. The first-order valence-corrected chi connectivity index (χ1v) is 19.2. The lowest BCUT2D eigenvalue weighted by Gasteiger charge is -2.18. The monoisotopic (exact) mass is 644 g/mol. The van der Waals surface area contributed by atoms with Crippen LogP contribution in [0.5, 0.6) is 0 Å². The van der Waals surface area contributed by atoms with Crippen molar-refractivity contribution in [3.63, 3.8) is 0 Å². The Morgan fingerprint density at radius 2 is 1.02 bits per heavy atom. The summed E-state index contributed by atoms with van der Waals surface area (Å²) in [5, 5.41) is 0. The van der Waals surface area contributed by atoms with E-state index in [0.29, 0.717) is 6.42 Å². The van der Waals surface area contributed by atoms with Crippen LogP contribution in [0.25, 0.3) is 0 Å². The average Bonchev–Trinajstić information content (AvgIpc) is 2.98. The van der Waals surface area contributed by atoms with Crippen LogP contribution >= 0.6 is 7.82 Å². The maximum atomic E-state index is 12.2. The van der Waals surface area contributed by atoms with Crippen LogP contribution in [0.15, 0.2) is 24.3 Å². The predicted octanol–water partition coefficient (Wildman–Crippen LogP) is 10.1. The second kappa shape index (κ2) is 31.5. The fourth-order valence-corrected chi connectivity index (χ4v) is 5.17. The molecule has 0 aromatic rings. The summed E-state index contributed by atoms with van der Waals surface area (Å²) in [7, 11) is -4.74. The summed E-state index contributed by atoms with van der Waals surface area (Å²) in [5.41, 5.74) is 0. The lowest BCUT2D eigenvalue weighted by atomic mass is 10.1. The summed E-state index contributed by atoms with van der Waals surface area (Å²) in [6.07, 6.45) is 33.5. The second-order valence-electron chi connectivity index (χ2n) is 11.8. The number of unbranched alkanes of at least 4 members (excludes halogenated alkanes) is 18. The molecular formula is C35H65O8P. The van der Waals surface area contributed by atoms with Crippen LogP contribution in [0.2, 0.25) is 0 Å². The van der Waals surface area contributed by atoms with Gasteiger partial charge in [0.1, 0.15) is 6.61 Å². The summed E-state index contributed by atoms with van der Waals surface area (Å²) < 4.78 is 26.1. The van der Waals surface area contributed by atoms with Gasteiger partial charge >= 0.3 is 19.8 Å². The van der Waals surface area contributed by atoms with E-state index in [2.05, 4.69) is 42.7 Å². The van der Waals surface area contributed by atoms with Crippen molar-refractivity contribution in [2.45, 2.75) is 174 Å². The van der Waals surface area contributed by atoms with Crippen molar-refractivity contribution in [3.05, 3.63) is 24.3 Å². The molecule has 0 aromatic heterocycles. The largest absolute Gasteiger partial charge is 0.469 e. The Kier molecular flexibility index (Phi) is 30.5. The Labute approximate surface area is 269 Å². The molecule has 9 heteroatoms. The van der Waals surface area contributed by atoms with E-state index < -0.39 is 32.5 Å². The van der Waals surface area contributed by atoms with Gasteiger partial charge in [-0.05, 0) is 44.9 Å². The maximum absolute atomic E-state index is 12.2. The number of carbonyl (C=O) groups is 2. The molecule has 2 N–H and O–H groups in total. The third kappa shape index (κ3) is 33.4. The van der Waals surface area contributed by atoms with Crippen LogP contribution in [-0.2, 0) is 28.2 Å². The van der Waals surface area contributed by atoms with Gasteiger partial charge in [-0.15, -0.1) is 0 Å². The fourth-order valence-electron chi connectivity index (χ4n) is 4.81. The van der Waals surface area contributed by atoms with Crippen molar-refractivity contribution >= 4 is 19.8 Å². The molecule has 258 valence electrons. The van der Waals surface area contributed by atoms with Gasteiger partial charge in [-0.25, -0.2) is 4.57 Å². The van der Waals surface area contributed by atoms with E-state index in [4.69, 9.17) is 19.3 Å². The molecule has 0 aliphatic carbocycles. The SMILES string of the molecule is CCCCC/C=C/C/C=C/CCCCCCCCCCCC(=O)OC[C@H](COP(=O)(O)O)OC(=O)CCCCCCCCC. The standard InChI is InChI=1S/C35H65O8P/c1-3-5-7-9-11-12-13-14-15-16-17-18-19-20-21-22-24-25-27-29-34(36)41-31-33(32-42-44(38,39)40)43-35(37)30-28-26-23-10-8-6-4-2/h11-12,14-15,33H,3-10,13,16-32H2,1-2H3,(H2,38,39,40)/b12-11+,15-14+/t33-/m1/s1. The summed E-state index contributed by atoms with van der Waals surface area (Å²) in [5.74, 6) is -0.895. The quantitative estimate of drug-likeness (QED) is 0.0321. The van der Waals surface area contributed by atoms with Crippen LogP contribution < -0.4 is 0 Å². The van der Waals surface area contributed by atoms with Crippen LogP contribution in [0.4, 0.5) is 0 Å². The van der Waals surface area contributed by atoms with E-state index in [1.54, 1.807) is 0 Å². The van der Waals surface area contributed by atoms with Gasteiger partial charge in [-0.1, -0.05) is 134 Å². The molecule has 44 heavy (non-hydrogen) atoms. The topological polar surface area (TPSA) is 119 Å². The number of ether oxygens (including phenoxy) is 2. The van der Waals surface area contributed by atoms with Gasteiger partial charge < -0.3 is 19.3 Å². The van der Waals surface area contributed by atoms with Crippen LogP contribution in [0.1, 0.15) is 168 Å². The number of phosphoric acid groups is 1. The van der Waals surface area contributed by atoms with Gasteiger partial charge in [0.15, 0.2) is 6.10 Å². The molecule has 0 aliphatic heterocycles. The molecule has 0 heterocycles. The number of hydrogen-bond donors (Lipinski definition) is 2. The Hall–Kier alpha value is -1.47. The Morgan fingerprint density at radius 1 is 0.591 bits per heavy atom. The fraction of sp³-hybridized carbons (Fsp3) is 0.829. The second-order valence-corrected chi connectivity index (χ2v) is 13.1. The van der Waals surface area contributed by atoms with Gasteiger partial charge in [-0.3, -0.25) is 14.1 Å².